The zero-order valence-corrected chi connectivity index (χ0v) is 13.4. The molecule has 0 fully saturated rings. The lowest BCUT2D eigenvalue weighted by atomic mass is 9.86. The molecule has 0 spiro atoms. The van der Waals surface area contributed by atoms with E-state index in [4.69, 9.17) is 0 Å². The molecular formula is C23H18O. The number of carbonyl (C=O) groups excluding carboxylic acids is 1. The molecule has 1 atom stereocenters. The number of hydrogen-bond donors (Lipinski definition) is 0. The van der Waals surface area contributed by atoms with Crippen LogP contribution in [0.25, 0.3) is 11.1 Å². The lowest BCUT2D eigenvalue weighted by Gasteiger charge is -2.16. The minimum atomic E-state index is -0.177. The van der Waals surface area contributed by atoms with Gasteiger partial charge in [-0.25, -0.2) is 0 Å². The molecule has 0 aliphatic heterocycles. The van der Waals surface area contributed by atoms with Gasteiger partial charge in [-0.1, -0.05) is 91.0 Å². The summed E-state index contributed by atoms with van der Waals surface area (Å²) in [5.74, 6) is 0.0997. The van der Waals surface area contributed by atoms with Crippen LogP contribution in [0.3, 0.4) is 0 Å². The van der Waals surface area contributed by atoms with Crippen molar-refractivity contribution in [3.05, 3.63) is 108 Å². The second-order valence-corrected chi connectivity index (χ2v) is 6.11. The van der Waals surface area contributed by atoms with Crippen molar-refractivity contribution in [2.45, 2.75) is 12.3 Å². The molecule has 24 heavy (non-hydrogen) atoms. The first-order valence-corrected chi connectivity index (χ1v) is 8.26. The number of Topliss-reactive ketones (excluding diaryl/α,β-unsaturated/α-hetero) is 1. The van der Waals surface area contributed by atoms with Gasteiger partial charge in [-0.05, 0) is 27.8 Å². The van der Waals surface area contributed by atoms with Crippen molar-refractivity contribution in [1.82, 2.24) is 0 Å². The van der Waals surface area contributed by atoms with Crippen LogP contribution in [0, 0.1) is 0 Å². The smallest absolute Gasteiger partial charge is 0.149 e. The predicted octanol–water partition coefficient (Wildman–Crippen LogP) is 5.35. The maximum Gasteiger partial charge on any atom is 0.149 e. The molecule has 4 rings (SSSR count). The largest absolute Gasteiger partial charge is 0.298 e. The molecular weight excluding hydrogens is 292 g/mol. The van der Waals surface area contributed by atoms with Gasteiger partial charge in [0.2, 0.25) is 0 Å². The maximum absolute atomic E-state index is 12.9. The fourth-order valence-corrected chi connectivity index (χ4v) is 3.56. The molecule has 0 radical (unpaired) electrons. The Morgan fingerprint density at radius 1 is 0.625 bits per heavy atom. The number of rotatable bonds is 3. The van der Waals surface area contributed by atoms with Crippen LogP contribution in [0.2, 0.25) is 0 Å². The normalized spacial score (nSPS) is 17.3. The Kier molecular flexibility index (Phi) is 3.84. The van der Waals surface area contributed by atoms with Gasteiger partial charge in [0.25, 0.3) is 0 Å². The summed E-state index contributed by atoms with van der Waals surface area (Å²) < 4.78 is 0. The van der Waals surface area contributed by atoms with Crippen LogP contribution >= 0.6 is 0 Å². The minimum Gasteiger partial charge on any atom is -0.298 e. The third-order valence-electron chi connectivity index (χ3n) is 4.63. The van der Waals surface area contributed by atoms with E-state index in [2.05, 4.69) is 36.4 Å². The molecule has 0 saturated heterocycles. The topological polar surface area (TPSA) is 17.1 Å². The zero-order chi connectivity index (χ0) is 16.4. The summed E-state index contributed by atoms with van der Waals surface area (Å²) in [4.78, 5) is 12.9. The Morgan fingerprint density at radius 3 is 1.71 bits per heavy atom. The third kappa shape index (κ3) is 2.59. The van der Waals surface area contributed by atoms with E-state index in [0.29, 0.717) is 6.42 Å². The number of carbonyl (C=O) groups is 1. The van der Waals surface area contributed by atoms with Gasteiger partial charge in [-0.15, -0.1) is 0 Å². The second-order valence-electron chi connectivity index (χ2n) is 6.11. The predicted molar refractivity (Wildman–Crippen MR) is 98.5 cm³/mol. The van der Waals surface area contributed by atoms with E-state index < -0.39 is 0 Å². The minimum absolute atomic E-state index is 0.177. The van der Waals surface area contributed by atoms with Gasteiger partial charge in [0.05, 0.1) is 5.92 Å². The summed E-state index contributed by atoms with van der Waals surface area (Å²) in [5.41, 5.74) is 5.66. The van der Waals surface area contributed by atoms with Crippen LogP contribution in [-0.2, 0) is 4.79 Å². The van der Waals surface area contributed by atoms with Gasteiger partial charge in [-0.3, -0.25) is 4.79 Å². The Hall–Kier alpha value is -2.93. The highest BCUT2D eigenvalue weighted by molar-refractivity contribution is 6.16. The van der Waals surface area contributed by atoms with Crippen molar-refractivity contribution in [1.29, 1.82) is 0 Å². The molecule has 1 aliphatic carbocycles. The molecule has 0 saturated carbocycles. The van der Waals surface area contributed by atoms with Crippen molar-refractivity contribution < 1.29 is 4.79 Å². The van der Waals surface area contributed by atoms with Gasteiger partial charge in [0.15, 0.2) is 0 Å². The first kappa shape index (κ1) is 14.6. The van der Waals surface area contributed by atoms with Gasteiger partial charge in [0, 0.05) is 6.42 Å². The van der Waals surface area contributed by atoms with Crippen LogP contribution in [-0.4, -0.2) is 5.78 Å². The van der Waals surface area contributed by atoms with Crippen molar-refractivity contribution in [3.8, 4) is 0 Å². The van der Waals surface area contributed by atoms with E-state index in [9.17, 15) is 4.79 Å². The fourth-order valence-electron chi connectivity index (χ4n) is 3.56. The van der Waals surface area contributed by atoms with Crippen LogP contribution in [0.4, 0.5) is 0 Å². The summed E-state index contributed by atoms with van der Waals surface area (Å²) >= 11 is 0. The summed E-state index contributed by atoms with van der Waals surface area (Å²) in [6.45, 7) is 0. The summed E-state index contributed by atoms with van der Waals surface area (Å²) in [6.07, 6.45) is 0.494. The summed E-state index contributed by atoms with van der Waals surface area (Å²) in [7, 11) is 0. The number of hydrogen-bond acceptors (Lipinski definition) is 1. The molecule has 1 nitrogen and oxygen atoms in total. The summed E-state index contributed by atoms with van der Waals surface area (Å²) in [6, 6.07) is 30.7. The lowest BCUT2D eigenvalue weighted by Crippen LogP contribution is -2.07. The van der Waals surface area contributed by atoms with Crippen molar-refractivity contribution >= 4 is 16.9 Å². The molecule has 0 bridgehead atoms. The van der Waals surface area contributed by atoms with Gasteiger partial charge < -0.3 is 0 Å². The van der Waals surface area contributed by atoms with E-state index >= 15 is 0 Å². The van der Waals surface area contributed by atoms with Gasteiger partial charge >= 0.3 is 0 Å². The van der Waals surface area contributed by atoms with Crippen molar-refractivity contribution in [3.63, 3.8) is 0 Å². The second kappa shape index (κ2) is 6.29. The molecule has 3 aromatic carbocycles. The van der Waals surface area contributed by atoms with Crippen LogP contribution < -0.4 is 0 Å². The third-order valence-corrected chi connectivity index (χ3v) is 4.63. The van der Waals surface area contributed by atoms with E-state index in [1.54, 1.807) is 0 Å². The number of benzene rings is 3. The van der Waals surface area contributed by atoms with Gasteiger partial charge in [0.1, 0.15) is 5.78 Å². The SMILES string of the molecule is O=C1CC(c2ccccc2)=C(c2ccccc2)[C@H]1c1ccccc1. The average Bonchev–Trinajstić information content (AvgIpc) is 3.01. The highest BCUT2D eigenvalue weighted by atomic mass is 16.1. The quantitative estimate of drug-likeness (QED) is 0.637. The monoisotopic (exact) mass is 310 g/mol. The van der Waals surface area contributed by atoms with Crippen molar-refractivity contribution in [2.24, 2.45) is 0 Å². The van der Waals surface area contributed by atoms with E-state index in [0.717, 1.165) is 27.8 Å². The molecule has 0 N–H and O–H groups in total. The first-order chi connectivity index (χ1) is 11.8. The Morgan fingerprint density at radius 2 is 1.12 bits per heavy atom. The van der Waals surface area contributed by atoms with E-state index in [1.807, 2.05) is 54.6 Å². The van der Waals surface area contributed by atoms with E-state index in [1.165, 1.54) is 0 Å². The first-order valence-electron chi connectivity index (χ1n) is 8.26. The molecule has 3 aromatic rings. The molecule has 1 heteroatoms. The lowest BCUT2D eigenvalue weighted by molar-refractivity contribution is -0.117. The van der Waals surface area contributed by atoms with Crippen LogP contribution in [0.15, 0.2) is 91.0 Å². The van der Waals surface area contributed by atoms with Crippen LogP contribution in [0.5, 0.6) is 0 Å². The van der Waals surface area contributed by atoms with E-state index in [-0.39, 0.29) is 11.7 Å². The maximum atomic E-state index is 12.9. The molecule has 0 heterocycles. The Bertz CT molecular complexity index is 877. The summed E-state index contributed by atoms with van der Waals surface area (Å²) in [5, 5.41) is 0. The molecule has 0 unspecified atom stereocenters. The number of ketones is 1. The molecule has 1 aliphatic rings. The zero-order valence-electron chi connectivity index (χ0n) is 13.4. The highest BCUT2D eigenvalue weighted by Gasteiger charge is 2.35. The van der Waals surface area contributed by atoms with Gasteiger partial charge in [-0.2, -0.15) is 0 Å². The highest BCUT2D eigenvalue weighted by Crippen LogP contribution is 2.46. The van der Waals surface area contributed by atoms with Crippen LogP contribution in [0.1, 0.15) is 29.0 Å². The average molecular weight is 310 g/mol. The molecule has 116 valence electrons. The molecule has 0 amide bonds. The Balaban J connectivity index is 1.94. The number of allylic oxidation sites excluding steroid dienone is 2. The Labute approximate surface area is 142 Å². The van der Waals surface area contributed by atoms with Crippen molar-refractivity contribution in [2.75, 3.05) is 0 Å². The molecule has 0 aromatic heterocycles. The fraction of sp³-hybridized carbons (Fsp3) is 0.0870. The standard InChI is InChI=1S/C23H18O/c24-21-16-20(17-10-4-1-5-11-17)22(18-12-6-2-7-13-18)23(21)19-14-8-3-9-15-19/h1-15,23H,16H2/t23-/m0/s1.